The zero-order valence-corrected chi connectivity index (χ0v) is 12.8. The Morgan fingerprint density at radius 2 is 2.14 bits per heavy atom. The summed E-state index contributed by atoms with van der Waals surface area (Å²) in [6, 6.07) is -0.674. The fraction of sp³-hybridized carbons (Fsp3) is 0.538. The minimum Gasteiger partial charge on any atom is -0.445 e. The molecular weight excluding hydrogens is 292 g/mol. The number of imide groups is 1. The summed E-state index contributed by atoms with van der Waals surface area (Å²) in [6.45, 7) is 6.55. The van der Waals surface area contributed by atoms with Crippen molar-refractivity contribution in [3.63, 3.8) is 0 Å². The van der Waals surface area contributed by atoms with Crippen molar-refractivity contribution in [3.8, 4) is 0 Å². The summed E-state index contributed by atoms with van der Waals surface area (Å²) < 4.78 is 10.3. The number of ether oxygens (including phenoxy) is 1. The summed E-state index contributed by atoms with van der Waals surface area (Å²) in [5, 5.41) is 7.07. The van der Waals surface area contributed by atoms with Crippen LogP contribution < -0.4 is 16.0 Å². The Hall–Kier alpha value is -2.58. The summed E-state index contributed by atoms with van der Waals surface area (Å²) in [5.41, 5.74) is -1.79. The van der Waals surface area contributed by atoms with Crippen molar-refractivity contribution in [2.45, 2.75) is 38.8 Å². The third-order valence-electron chi connectivity index (χ3n) is 2.97. The Labute approximate surface area is 126 Å². The van der Waals surface area contributed by atoms with Gasteiger partial charge in [0.1, 0.15) is 5.60 Å². The Morgan fingerprint density at radius 1 is 1.45 bits per heavy atom. The largest absolute Gasteiger partial charge is 0.445 e. The van der Waals surface area contributed by atoms with Gasteiger partial charge >= 0.3 is 12.1 Å². The molecule has 3 N–H and O–H groups in total. The second kappa shape index (κ2) is 5.32. The summed E-state index contributed by atoms with van der Waals surface area (Å²) in [4.78, 5) is 39.4. The highest BCUT2D eigenvalue weighted by molar-refractivity contribution is 6.07. The van der Waals surface area contributed by atoms with E-state index in [-0.39, 0.29) is 12.3 Å². The number of alkyl carbamates (subject to hydrolysis) is 1. The molecule has 1 aromatic heterocycles. The molecule has 1 unspecified atom stereocenters. The molecule has 1 aliphatic heterocycles. The van der Waals surface area contributed by atoms with Gasteiger partial charge in [-0.1, -0.05) is 0 Å². The highest BCUT2D eigenvalue weighted by atomic mass is 16.6. The van der Waals surface area contributed by atoms with E-state index in [0.717, 1.165) is 6.39 Å². The Kier molecular flexibility index (Phi) is 3.82. The van der Waals surface area contributed by atoms with Crippen molar-refractivity contribution < 1.29 is 23.5 Å². The van der Waals surface area contributed by atoms with Crippen molar-refractivity contribution in [2.75, 3.05) is 6.54 Å². The first kappa shape index (κ1) is 15.8. The number of amides is 4. The van der Waals surface area contributed by atoms with E-state index in [1.807, 2.05) is 0 Å². The predicted octanol–water partition coefficient (Wildman–Crippen LogP) is 0.542. The highest BCUT2D eigenvalue weighted by Crippen LogP contribution is 2.27. The maximum absolute atomic E-state index is 12.2. The van der Waals surface area contributed by atoms with Crippen molar-refractivity contribution in [2.24, 2.45) is 0 Å². The molecule has 120 valence electrons. The van der Waals surface area contributed by atoms with Crippen molar-refractivity contribution in [1.29, 1.82) is 0 Å². The van der Waals surface area contributed by atoms with E-state index in [1.165, 1.54) is 0 Å². The number of nitrogens with zero attached hydrogens (tertiary/aromatic N) is 1. The number of carbonyl (C=O) groups excluding carboxylic acids is 3. The highest BCUT2D eigenvalue weighted by Gasteiger charge is 2.51. The number of aryl methyl sites for hydroxylation is 1. The third-order valence-corrected chi connectivity index (χ3v) is 2.97. The standard InChI is InChI=1S/C13H18N4O5/c1-7-8(21-6-15-7)13(9(18)16-10(19)17-13)5-14-11(20)22-12(2,3)4/h6H,5H2,1-4H3,(H,14,20)(H2,16,17,18,19). The maximum Gasteiger partial charge on any atom is 0.407 e. The minimum absolute atomic E-state index is 0.159. The second-order valence-electron chi connectivity index (χ2n) is 5.94. The van der Waals surface area contributed by atoms with E-state index in [1.54, 1.807) is 27.7 Å². The van der Waals surface area contributed by atoms with Gasteiger partial charge in [0.15, 0.2) is 17.7 Å². The molecule has 1 aromatic rings. The molecule has 0 radical (unpaired) electrons. The molecule has 2 heterocycles. The molecule has 9 nitrogen and oxygen atoms in total. The SMILES string of the molecule is Cc1ncoc1C1(CNC(=O)OC(C)(C)C)NC(=O)NC1=O. The number of aromatic nitrogens is 1. The fourth-order valence-electron chi connectivity index (χ4n) is 2.09. The van der Waals surface area contributed by atoms with Crippen LogP contribution in [0.1, 0.15) is 32.2 Å². The molecule has 0 spiro atoms. The summed E-state index contributed by atoms with van der Waals surface area (Å²) in [7, 11) is 0. The third kappa shape index (κ3) is 3.02. The van der Waals surface area contributed by atoms with E-state index in [9.17, 15) is 14.4 Å². The van der Waals surface area contributed by atoms with Crippen LogP contribution in [0.25, 0.3) is 0 Å². The normalized spacial score (nSPS) is 21.3. The summed E-state index contributed by atoms with van der Waals surface area (Å²) in [6.07, 6.45) is 0.454. The van der Waals surface area contributed by atoms with E-state index in [2.05, 4.69) is 20.9 Å². The molecular formula is C13H18N4O5. The lowest BCUT2D eigenvalue weighted by atomic mass is 9.95. The van der Waals surface area contributed by atoms with E-state index in [4.69, 9.17) is 9.15 Å². The van der Waals surface area contributed by atoms with Gasteiger partial charge in [-0.25, -0.2) is 14.6 Å². The molecule has 9 heteroatoms. The minimum atomic E-state index is -1.55. The summed E-state index contributed by atoms with van der Waals surface area (Å²) in [5.74, 6) is -0.472. The van der Waals surface area contributed by atoms with Crippen molar-refractivity contribution >= 4 is 18.0 Å². The van der Waals surface area contributed by atoms with Gasteiger partial charge in [0.05, 0.1) is 12.2 Å². The van der Waals surface area contributed by atoms with Crippen LogP contribution >= 0.6 is 0 Å². The Bertz CT molecular complexity index is 618. The molecule has 0 aliphatic carbocycles. The number of hydrogen-bond acceptors (Lipinski definition) is 6. The monoisotopic (exact) mass is 310 g/mol. The number of nitrogens with one attached hydrogen (secondary N) is 3. The molecule has 22 heavy (non-hydrogen) atoms. The predicted molar refractivity (Wildman–Crippen MR) is 73.8 cm³/mol. The number of hydrogen-bond donors (Lipinski definition) is 3. The van der Waals surface area contributed by atoms with Gasteiger partial charge in [-0.05, 0) is 27.7 Å². The average molecular weight is 310 g/mol. The number of rotatable bonds is 3. The average Bonchev–Trinajstić information content (AvgIpc) is 2.89. The van der Waals surface area contributed by atoms with Crippen LogP contribution in [0.4, 0.5) is 9.59 Å². The van der Waals surface area contributed by atoms with Gasteiger partial charge in [-0.2, -0.15) is 0 Å². The molecule has 0 aromatic carbocycles. The van der Waals surface area contributed by atoms with Gasteiger partial charge in [-0.15, -0.1) is 0 Å². The topological polar surface area (TPSA) is 123 Å². The fourth-order valence-corrected chi connectivity index (χ4v) is 2.09. The lowest BCUT2D eigenvalue weighted by molar-refractivity contribution is -0.124. The van der Waals surface area contributed by atoms with Crippen LogP contribution in [0.3, 0.4) is 0 Å². The zero-order chi connectivity index (χ0) is 16.5. The van der Waals surface area contributed by atoms with Crippen molar-refractivity contribution in [1.82, 2.24) is 20.9 Å². The van der Waals surface area contributed by atoms with Gasteiger partial charge < -0.3 is 19.8 Å². The smallest absolute Gasteiger partial charge is 0.407 e. The van der Waals surface area contributed by atoms with Crippen LogP contribution in [0.2, 0.25) is 0 Å². The Balaban J connectivity index is 2.21. The van der Waals surface area contributed by atoms with Crippen LogP contribution in [-0.2, 0) is 15.1 Å². The van der Waals surface area contributed by atoms with Crippen LogP contribution in [-0.4, -0.2) is 35.2 Å². The molecule has 2 rings (SSSR count). The van der Waals surface area contributed by atoms with Gasteiger partial charge in [0.2, 0.25) is 0 Å². The van der Waals surface area contributed by atoms with Gasteiger partial charge in [0, 0.05) is 0 Å². The molecule has 0 bridgehead atoms. The van der Waals surface area contributed by atoms with Gasteiger partial charge in [0.25, 0.3) is 5.91 Å². The molecule has 1 saturated heterocycles. The first-order valence-electron chi connectivity index (χ1n) is 6.65. The van der Waals surface area contributed by atoms with Crippen LogP contribution in [0.5, 0.6) is 0 Å². The first-order valence-corrected chi connectivity index (χ1v) is 6.65. The molecule has 4 amide bonds. The number of oxazole rings is 1. The van der Waals surface area contributed by atoms with Crippen LogP contribution in [0.15, 0.2) is 10.8 Å². The quantitative estimate of drug-likeness (QED) is 0.700. The maximum atomic E-state index is 12.2. The van der Waals surface area contributed by atoms with Gasteiger partial charge in [-0.3, -0.25) is 10.1 Å². The zero-order valence-electron chi connectivity index (χ0n) is 12.8. The summed E-state index contributed by atoms with van der Waals surface area (Å²) >= 11 is 0. The first-order chi connectivity index (χ1) is 10.1. The van der Waals surface area contributed by atoms with E-state index < -0.39 is 29.2 Å². The Morgan fingerprint density at radius 3 is 2.59 bits per heavy atom. The van der Waals surface area contributed by atoms with Crippen LogP contribution in [0, 0.1) is 6.92 Å². The molecule has 0 saturated carbocycles. The van der Waals surface area contributed by atoms with Crippen molar-refractivity contribution in [3.05, 3.63) is 17.8 Å². The molecule has 1 fully saturated rings. The second-order valence-corrected chi connectivity index (χ2v) is 5.94. The molecule has 1 atom stereocenters. The van der Waals surface area contributed by atoms with E-state index >= 15 is 0 Å². The lowest BCUT2D eigenvalue weighted by Crippen LogP contribution is -2.53. The molecule has 1 aliphatic rings. The number of urea groups is 1. The lowest BCUT2D eigenvalue weighted by Gasteiger charge is -2.26. The number of carbonyl (C=O) groups is 3. The van der Waals surface area contributed by atoms with E-state index in [0.29, 0.717) is 5.69 Å².